The summed E-state index contributed by atoms with van der Waals surface area (Å²) in [6.07, 6.45) is 3.16. The minimum absolute atomic E-state index is 0.0984. The van der Waals surface area contributed by atoms with Crippen LogP contribution in [0, 0.1) is 23.6 Å². The van der Waals surface area contributed by atoms with Crippen molar-refractivity contribution in [3.05, 3.63) is 35.1 Å². The molecule has 0 radical (unpaired) electrons. The average Bonchev–Trinajstić information content (AvgIpc) is 2.52. The predicted molar refractivity (Wildman–Crippen MR) is 79.3 cm³/mol. The second-order valence-corrected chi connectivity index (χ2v) is 5.32. The van der Waals surface area contributed by atoms with Gasteiger partial charge < -0.3 is 10.0 Å². The van der Waals surface area contributed by atoms with E-state index in [1.54, 1.807) is 11.0 Å². The molecule has 1 aliphatic heterocycles. The molecule has 1 aromatic carbocycles. The molecule has 2 rings (SSSR count). The molecule has 1 fully saturated rings. The van der Waals surface area contributed by atoms with Gasteiger partial charge in [-0.3, -0.25) is 4.79 Å². The number of aliphatic hydroxyl groups excluding tert-OH is 1. The molecule has 21 heavy (non-hydrogen) atoms. The molecular formula is C17H20FNO2. The van der Waals surface area contributed by atoms with Crippen molar-refractivity contribution in [2.45, 2.75) is 26.2 Å². The van der Waals surface area contributed by atoms with Crippen LogP contribution in [0.4, 0.5) is 4.39 Å². The first-order valence-electron chi connectivity index (χ1n) is 7.34. The maximum Gasteiger partial charge on any atom is 0.256 e. The lowest BCUT2D eigenvalue weighted by atomic mass is 9.95. The predicted octanol–water partition coefficient (Wildman–Crippen LogP) is 2.43. The van der Waals surface area contributed by atoms with Gasteiger partial charge in [0.15, 0.2) is 0 Å². The van der Waals surface area contributed by atoms with Crippen molar-refractivity contribution in [2.75, 3.05) is 19.7 Å². The molecule has 0 bridgehead atoms. The van der Waals surface area contributed by atoms with Crippen LogP contribution in [0.15, 0.2) is 18.2 Å². The first-order valence-corrected chi connectivity index (χ1v) is 7.34. The molecule has 1 unspecified atom stereocenters. The zero-order valence-electron chi connectivity index (χ0n) is 12.2. The average molecular weight is 289 g/mol. The Balaban J connectivity index is 2.15. The van der Waals surface area contributed by atoms with Gasteiger partial charge in [-0.2, -0.15) is 0 Å². The molecular weight excluding hydrogens is 269 g/mol. The van der Waals surface area contributed by atoms with E-state index in [0.717, 1.165) is 19.3 Å². The largest absolute Gasteiger partial charge is 0.384 e. The second kappa shape index (κ2) is 7.24. The Morgan fingerprint density at radius 2 is 2.33 bits per heavy atom. The van der Waals surface area contributed by atoms with Gasteiger partial charge in [0, 0.05) is 18.7 Å². The quantitative estimate of drug-likeness (QED) is 0.850. The summed E-state index contributed by atoms with van der Waals surface area (Å²) >= 11 is 0. The van der Waals surface area contributed by atoms with Gasteiger partial charge >= 0.3 is 0 Å². The van der Waals surface area contributed by atoms with Gasteiger partial charge in [-0.25, -0.2) is 4.39 Å². The van der Waals surface area contributed by atoms with Crippen molar-refractivity contribution in [2.24, 2.45) is 5.92 Å². The zero-order chi connectivity index (χ0) is 15.2. The van der Waals surface area contributed by atoms with E-state index in [1.807, 2.05) is 0 Å². The number of rotatable bonds is 2. The lowest BCUT2D eigenvalue weighted by Crippen LogP contribution is -2.40. The van der Waals surface area contributed by atoms with E-state index >= 15 is 0 Å². The molecule has 1 heterocycles. The number of carbonyl (C=O) groups excluding carboxylic acids is 1. The molecule has 1 N–H and O–H groups in total. The van der Waals surface area contributed by atoms with Crippen LogP contribution >= 0.6 is 0 Å². The number of likely N-dealkylation sites (tertiary alicyclic amines) is 1. The van der Waals surface area contributed by atoms with Crippen LogP contribution < -0.4 is 0 Å². The van der Waals surface area contributed by atoms with Crippen molar-refractivity contribution in [1.29, 1.82) is 0 Å². The number of hydrogen-bond acceptors (Lipinski definition) is 2. The molecule has 1 amide bonds. The van der Waals surface area contributed by atoms with Gasteiger partial charge in [-0.15, -0.1) is 0 Å². The van der Waals surface area contributed by atoms with Crippen LogP contribution in [-0.4, -0.2) is 35.6 Å². The Hall–Kier alpha value is -1.86. The number of amides is 1. The maximum atomic E-state index is 14.1. The second-order valence-electron chi connectivity index (χ2n) is 5.32. The van der Waals surface area contributed by atoms with Crippen molar-refractivity contribution < 1.29 is 14.3 Å². The van der Waals surface area contributed by atoms with Crippen LogP contribution in [0.1, 0.15) is 42.1 Å². The molecule has 112 valence electrons. The Bertz CT molecular complexity index is 574. The fourth-order valence-electron chi connectivity index (χ4n) is 2.66. The van der Waals surface area contributed by atoms with E-state index in [2.05, 4.69) is 18.8 Å². The Kier molecular flexibility index (Phi) is 5.35. The summed E-state index contributed by atoms with van der Waals surface area (Å²) in [5.41, 5.74) is 0.560. The molecule has 1 aliphatic rings. The number of piperidine rings is 1. The summed E-state index contributed by atoms with van der Waals surface area (Å²) in [7, 11) is 0. The van der Waals surface area contributed by atoms with Crippen LogP contribution in [0.5, 0.6) is 0 Å². The highest BCUT2D eigenvalue weighted by atomic mass is 19.1. The van der Waals surface area contributed by atoms with Gasteiger partial charge in [0.1, 0.15) is 12.4 Å². The molecule has 1 saturated heterocycles. The fourth-order valence-corrected chi connectivity index (χ4v) is 2.66. The van der Waals surface area contributed by atoms with Crippen LogP contribution in [0.25, 0.3) is 0 Å². The fraction of sp³-hybridized carbons (Fsp3) is 0.471. The third-order valence-electron chi connectivity index (χ3n) is 3.89. The van der Waals surface area contributed by atoms with Gasteiger partial charge in [0.05, 0.1) is 5.56 Å². The van der Waals surface area contributed by atoms with E-state index in [4.69, 9.17) is 5.11 Å². The molecule has 4 heteroatoms. The van der Waals surface area contributed by atoms with Gasteiger partial charge in [0.2, 0.25) is 0 Å². The summed E-state index contributed by atoms with van der Waals surface area (Å²) in [4.78, 5) is 14.2. The highest BCUT2D eigenvalue weighted by Gasteiger charge is 2.25. The van der Waals surface area contributed by atoms with E-state index < -0.39 is 5.82 Å². The first kappa shape index (κ1) is 15.5. The van der Waals surface area contributed by atoms with E-state index in [9.17, 15) is 9.18 Å². The number of halogens is 1. The summed E-state index contributed by atoms with van der Waals surface area (Å²) in [5, 5.41) is 8.63. The van der Waals surface area contributed by atoms with Crippen molar-refractivity contribution in [3.63, 3.8) is 0 Å². The third-order valence-corrected chi connectivity index (χ3v) is 3.89. The topological polar surface area (TPSA) is 40.5 Å². The SMILES string of the molecule is CCC1CCCN(C(=O)c2ccc(C#CCO)cc2F)C1. The first-order chi connectivity index (χ1) is 10.2. The molecule has 1 aromatic rings. The van der Waals surface area contributed by atoms with E-state index in [-0.39, 0.29) is 18.1 Å². The monoisotopic (exact) mass is 289 g/mol. The maximum absolute atomic E-state index is 14.1. The lowest BCUT2D eigenvalue weighted by Gasteiger charge is -2.32. The number of nitrogens with zero attached hydrogens (tertiary/aromatic N) is 1. The van der Waals surface area contributed by atoms with Crippen LogP contribution in [0.2, 0.25) is 0 Å². The van der Waals surface area contributed by atoms with Crippen LogP contribution in [-0.2, 0) is 0 Å². The summed E-state index contributed by atoms with van der Waals surface area (Å²) in [6.45, 7) is 3.25. The number of carbonyl (C=O) groups is 1. The van der Waals surface area contributed by atoms with Gasteiger partial charge in [-0.1, -0.05) is 25.2 Å². The molecule has 0 saturated carbocycles. The molecule has 3 nitrogen and oxygen atoms in total. The molecule has 1 atom stereocenters. The van der Waals surface area contributed by atoms with Crippen molar-refractivity contribution in [1.82, 2.24) is 4.90 Å². The smallest absolute Gasteiger partial charge is 0.256 e. The Morgan fingerprint density at radius 1 is 1.52 bits per heavy atom. The standard InChI is InChI=1S/C17H20FNO2/c1-2-13-5-3-9-19(12-13)17(21)15-8-7-14(6-4-10-20)11-16(15)18/h7-8,11,13,20H,2-3,5,9-10,12H2,1H3. The van der Waals surface area contributed by atoms with Gasteiger partial charge in [-0.05, 0) is 37.0 Å². The molecule has 0 aliphatic carbocycles. The highest BCUT2D eigenvalue weighted by molar-refractivity contribution is 5.94. The van der Waals surface area contributed by atoms with Crippen molar-refractivity contribution >= 4 is 5.91 Å². The molecule has 0 spiro atoms. The van der Waals surface area contributed by atoms with Crippen LogP contribution in [0.3, 0.4) is 0 Å². The van der Waals surface area contributed by atoms with E-state index in [0.29, 0.717) is 24.6 Å². The summed E-state index contributed by atoms with van der Waals surface area (Å²) < 4.78 is 14.1. The van der Waals surface area contributed by atoms with E-state index in [1.165, 1.54) is 12.1 Å². The minimum Gasteiger partial charge on any atom is -0.384 e. The molecule has 0 aromatic heterocycles. The number of aliphatic hydroxyl groups is 1. The lowest BCUT2D eigenvalue weighted by molar-refractivity contribution is 0.0666. The van der Waals surface area contributed by atoms with Crippen molar-refractivity contribution in [3.8, 4) is 11.8 Å². The van der Waals surface area contributed by atoms with Gasteiger partial charge in [0.25, 0.3) is 5.91 Å². The third kappa shape index (κ3) is 3.83. The minimum atomic E-state index is -0.552. The zero-order valence-corrected chi connectivity index (χ0v) is 12.2. The summed E-state index contributed by atoms with van der Waals surface area (Å²) in [6, 6.07) is 4.34. The summed E-state index contributed by atoms with van der Waals surface area (Å²) in [5.74, 6) is 4.81. The highest BCUT2D eigenvalue weighted by Crippen LogP contribution is 2.22. The number of hydrogen-bond donors (Lipinski definition) is 1. The Morgan fingerprint density at radius 3 is 3.00 bits per heavy atom. The Labute approximate surface area is 124 Å². The normalized spacial score (nSPS) is 18.0. The number of benzene rings is 1.